The number of hydrogen-bond acceptors (Lipinski definition) is 6. The highest BCUT2D eigenvalue weighted by molar-refractivity contribution is 7.89. The maximum absolute atomic E-state index is 12.6. The number of sulfonamides is 1. The Bertz CT molecular complexity index is 1100. The first-order valence-electron chi connectivity index (χ1n) is 9.62. The summed E-state index contributed by atoms with van der Waals surface area (Å²) < 4.78 is 31.9. The van der Waals surface area contributed by atoms with Crippen molar-refractivity contribution in [1.29, 1.82) is 0 Å². The molecule has 0 spiro atoms. The number of carbonyl (C=O) groups is 1. The maximum atomic E-state index is 12.6. The lowest BCUT2D eigenvalue weighted by Crippen LogP contribution is -2.40. The first-order valence-corrected chi connectivity index (χ1v) is 11.2. The zero-order valence-corrected chi connectivity index (χ0v) is 17.8. The van der Waals surface area contributed by atoms with Gasteiger partial charge in [-0.3, -0.25) is 14.9 Å². The maximum Gasteiger partial charge on any atom is 0.269 e. The standard InChI is InChI=1S/C21H23N3O6S/c1-30-20-8-5-18-15-23(12-10-17(18)14-20)31(28,29)13-11-22-21(25)9-4-16-2-6-19(7-3-16)24(26)27/h2-9,14H,10-13,15H2,1H3,(H,22,25)/b9-4+. The van der Waals surface area contributed by atoms with Gasteiger partial charge >= 0.3 is 0 Å². The van der Waals surface area contributed by atoms with Gasteiger partial charge in [-0.25, -0.2) is 8.42 Å². The minimum absolute atomic E-state index is 0.0161. The highest BCUT2D eigenvalue weighted by Gasteiger charge is 2.26. The first-order chi connectivity index (χ1) is 14.8. The molecule has 1 heterocycles. The third-order valence-electron chi connectivity index (χ3n) is 4.97. The van der Waals surface area contributed by atoms with Crippen LogP contribution >= 0.6 is 0 Å². The summed E-state index contributed by atoms with van der Waals surface area (Å²) in [6.45, 7) is 0.671. The van der Waals surface area contributed by atoms with Crippen LogP contribution < -0.4 is 10.1 Å². The average molecular weight is 445 g/mol. The molecule has 31 heavy (non-hydrogen) atoms. The number of nitrogens with one attached hydrogen (secondary N) is 1. The Kier molecular flexibility index (Phi) is 7.03. The van der Waals surface area contributed by atoms with Crippen LogP contribution in [0.2, 0.25) is 0 Å². The van der Waals surface area contributed by atoms with Crippen molar-refractivity contribution in [3.05, 3.63) is 75.3 Å². The second kappa shape index (κ2) is 9.71. The van der Waals surface area contributed by atoms with Crippen LogP contribution in [0.25, 0.3) is 6.08 Å². The average Bonchev–Trinajstić information content (AvgIpc) is 2.77. The number of nitro benzene ring substituents is 1. The zero-order chi connectivity index (χ0) is 22.4. The van der Waals surface area contributed by atoms with E-state index in [0.717, 1.165) is 16.9 Å². The van der Waals surface area contributed by atoms with Gasteiger partial charge in [-0.15, -0.1) is 0 Å². The van der Waals surface area contributed by atoms with Crippen molar-refractivity contribution < 1.29 is 22.9 Å². The van der Waals surface area contributed by atoms with Gasteiger partial charge in [-0.2, -0.15) is 4.31 Å². The van der Waals surface area contributed by atoms with Crippen LogP contribution in [0, 0.1) is 10.1 Å². The number of amides is 1. The third-order valence-corrected chi connectivity index (χ3v) is 6.79. The Morgan fingerprint density at radius 3 is 2.65 bits per heavy atom. The fraction of sp³-hybridized carbons (Fsp3) is 0.286. The van der Waals surface area contributed by atoms with E-state index >= 15 is 0 Å². The Hall–Kier alpha value is -3.24. The van der Waals surface area contributed by atoms with Gasteiger partial charge in [0.15, 0.2) is 0 Å². The minimum Gasteiger partial charge on any atom is -0.497 e. The van der Waals surface area contributed by atoms with Crippen LogP contribution in [0.4, 0.5) is 5.69 Å². The van der Waals surface area contributed by atoms with Crippen LogP contribution in [-0.2, 0) is 27.8 Å². The Labute approximate surface area is 180 Å². The highest BCUT2D eigenvalue weighted by Crippen LogP contribution is 2.25. The molecule has 1 aliphatic rings. The largest absolute Gasteiger partial charge is 0.497 e. The fourth-order valence-corrected chi connectivity index (χ4v) is 4.56. The van der Waals surface area contributed by atoms with Gasteiger partial charge in [-0.1, -0.05) is 6.07 Å². The molecule has 0 aliphatic carbocycles. The zero-order valence-electron chi connectivity index (χ0n) is 17.0. The topological polar surface area (TPSA) is 119 Å². The summed E-state index contributed by atoms with van der Waals surface area (Å²) in [5.74, 6) is 0.111. The van der Waals surface area contributed by atoms with E-state index in [0.29, 0.717) is 25.1 Å². The Balaban J connectivity index is 1.50. The van der Waals surface area contributed by atoms with E-state index in [9.17, 15) is 23.3 Å². The molecule has 1 amide bonds. The quantitative estimate of drug-likeness (QED) is 0.378. The molecule has 2 aromatic carbocycles. The number of benzene rings is 2. The number of fused-ring (bicyclic) bond motifs is 1. The first kappa shape index (κ1) is 22.4. The second-order valence-electron chi connectivity index (χ2n) is 7.01. The number of carbonyl (C=O) groups excluding carboxylic acids is 1. The smallest absolute Gasteiger partial charge is 0.269 e. The van der Waals surface area contributed by atoms with E-state index in [-0.39, 0.29) is 18.0 Å². The minimum atomic E-state index is -3.52. The summed E-state index contributed by atoms with van der Waals surface area (Å²) in [4.78, 5) is 22.1. The second-order valence-corrected chi connectivity index (χ2v) is 9.10. The van der Waals surface area contributed by atoms with E-state index in [1.54, 1.807) is 7.11 Å². The SMILES string of the molecule is COc1ccc2c(c1)CCN(S(=O)(=O)CCNC(=O)/C=C/c1ccc([N+](=O)[O-])cc1)C2. The van der Waals surface area contributed by atoms with Gasteiger partial charge in [-0.05, 0) is 53.5 Å². The summed E-state index contributed by atoms with van der Waals surface area (Å²) in [5.41, 5.74) is 2.62. The molecule has 0 unspecified atom stereocenters. The molecule has 0 radical (unpaired) electrons. The van der Waals surface area contributed by atoms with E-state index in [2.05, 4.69) is 5.32 Å². The molecule has 0 bridgehead atoms. The van der Waals surface area contributed by atoms with Crippen LogP contribution in [0.3, 0.4) is 0 Å². The number of rotatable bonds is 8. The lowest BCUT2D eigenvalue weighted by atomic mass is 10.0. The van der Waals surface area contributed by atoms with Crippen molar-refractivity contribution in [2.24, 2.45) is 0 Å². The van der Waals surface area contributed by atoms with Gasteiger partial charge in [0.1, 0.15) is 5.75 Å². The molecule has 0 fully saturated rings. The number of non-ortho nitro benzene ring substituents is 1. The number of methoxy groups -OCH3 is 1. The summed E-state index contributed by atoms with van der Waals surface area (Å²) in [6, 6.07) is 11.4. The van der Waals surface area contributed by atoms with Crippen molar-refractivity contribution in [1.82, 2.24) is 9.62 Å². The lowest BCUT2D eigenvalue weighted by Gasteiger charge is -2.28. The van der Waals surface area contributed by atoms with Crippen LogP contribution in [0.15, 0.2) is 48.5 Å². The summed E-state index contributed by atoms with van der Waals surface area (Å²) in [6.07, 6.45) is 3.37. The molecule has 1 aliphatic heterocycles. The van der Waals surface area contributed by atoms with Crippen molar-refractivity contribution in [3.63, 3.8) is 0 Å². The molecule has 0 aromatic heterocycles. The fourth-order valence-electron chi connectivity index (χ4n) is 3.24. The molecule has 9 nitrogen and oxygen atoms in total. The summed E-state index contributed by atoms with van der Waals surface area (Å²) in [5, 5.41) is 13.2. The monoisotopic (exact) mass is 445 g/mol. The van der Waals surface area contributed by atoms with E-state index in [1.165, 1.54) is 40.7 Å². The molecule has 164 valence electrons. The summed E-state index contributed by atoms with van der Waals surface area (Å²) >= 11 is 0. The molecule has 3 rings (SSSR count). The predicted molar refractivity (Wildman–Crippen MR) is 116 cm³/mol. The van der Waals surface area contributed by atoms with Crippen LogP contribution in [-0.4, -0.2) is 49.5 Å². The Morgan fingerprint density at radius 2 is 1.97 bits per heavy atom. The number of nitrogens with zero attached hydrogens (tertiary/aromatic N) is 2. The molecule has 2 aromatic rings. The van der Waals surface area contributed by atoms with Gasteiger partial charge in [0.2, 0.25) is 15.9 Å². The normalized spacial score (nSPS) is 14.2. The molecular formula is C21H23N3O6S. The van der Waals surface area contributed by atoms with Gasteiger partial charge in [0, 0.05) is 37.8 Å². The van der Waals surface area contributed by atoms with Crippen molar-refractivity contribution in [3.8, 4) is 5.75 Å². The number of nitro groups is 1. The summed E-state index contributed by atoms with van der Waals surface area (Å²) in [7, 11) is -1.92. The number of ether oxygens (including phenoxy) is 1. The van der Waals surface area contributed by atoms with E-state index < -0.39 is 20.9 Å². The molecule has 0 saturated carbocycles. The molecule has 1 N–H and O–H groups in total. The molecule has 10 heteroatoms. The highest BCUT2D eigenvalue weighted by atomic mass is 32.2. The molecule has 0 saturated heterocycles. The van der Waals surface area contributed by atoms with E-state index in [4.69, 9.17) is 4.74 Å². The molecular weight excluding hydrogens is 422 g/mol. The predicted octanol–water partition coefficient (Wildman–Crippen LogP) is 2.12. The lowest BCUT2D eigenvalue weighted by molar-refractivity contribution is -0.384. The van der Waals surface area contributed by atoms with Crippen molar-refractivity contribution in [2.45, 2.75) is 13.0 Å². The van der Waals surface area contributed by atoms with Crippen molar-refractivity contribution >= 4 is 27.7 Å². The van der Waals surface area contributed by atoms with Crippen LogP contribution in [0.5, 0.6) is 5.75 Å². The van der Waals surface area contributed by atoms with Gasteiger partial charge < -0.3 is 10.1 Å². The van der Waals surface area contributed by atoms with E-state index in [1.807, 2.05) is 18.2 Å². The van der Waals surface area contributed by atoms with Gasteiger partial charge in [0.05, 0.1) is 17.8 Å². The van der Waals surface area contributed by atoms with Crippen molar-refractivity contribution in [2.75, 3.05) is 26.0 Å². The number of hydrogen-bond donors (Lipinski definition) is 1. The third kappa shape index (κ3) is 5.89. The van der Waals surface area contributed by atoms with Gasteiger partial charge in [0.25, 0.3) is 5.69 Å². The Morgan fingerprint density at radius 1 is 1.23 bits per heavy atom. The van der Waals surface area contributed by atoms with Crippen LogP contribution in [0.1, 0.15) is 16.7 Å². The molecule has 0 atom stereocenters.